The number of aromatic nitrogens is 2. The molecule has 0 unspecified atom stereocenters. The van der Waals surface area contributed by atoms with E-state index in [4.69, 9.17) is 0 Å². The largest absolute Gasteiger partial charge is 0.394 e. The van der Waals surface area contributed by atoms with Crippen LogP contribution in [0.4, 0.5) is 0 Å². The van der Waals surface area contributed by atoms with Crippen molar-refractivity contribution < 1.29 is 5.11 Å². The Morgan fingerprint density at radius 3 is 2.32 bits per heavy atom. The molecule has 3 nitrogen and oxygen atoms in total. The molecular weight excluding hydrogens is 344 g/mol. The Morgan fingerprint density at radius 2 is 1.75 bits per heavy atom. The maximum Gasteiger partial charge on any atom is 0.108 e. The SMILES string of the molecule is CCc1nccn1[C@@H](/C=C/c1ccc(-c2ccc(C3CCC3)cc2)cc1)CO. The van der Waals surface area contributed by atoms with Crippen molar-refractivity contribution in [3.8, 4) is 11.1 Å². The van der Waals surface area contributed by atoms with Gasteiger partial charge in [0.25, 0.3) is 0 Å². The molecule has 1 saturated carbocycles. The zero-order chi connectivity index (χ0) is 19.3. The maximum atomic E-state index is 9.77. The standard InChI is InChI=1S/C25H28N2O/c1-2-25-26-16-17-27(25)24(18-28)15-8-19-6-9-21(10-7-19)23-13-11-22(12-14-23)20-4-3-5-20/h6-17,20,24,28H,2-5,18H2,1H3/b15-8+/t24-/m0/s1. The molecule has 1 aromatic heterocycles. The molecule has 1 fully saturated rings. The topological polar surface area (TPSA) is 38.0 Å². The third kappa shape index (κ3) is 3.95. The maximum absolute atomic E-state index is 9.77. The van der Waals surface area contributed by atoms with Gasteiger partial charge in [0, 0.05) is 18.8 Å². The monoisotopic (exact) mass is 372 g/mol. The Labute approximate surface area is 167 Å². The van der Waals surface area contributed by atoms with E-state index >= 15 is 0 Å². The van der Waals surface area contributed by atoms with Crippen LogP contribution in [0.2, 0.25) is 0 Å². The van der Waals surface area contributed by atoms with Gasteiger partial charge in [0.15, 0.2) is 0 Å². The molecule has 0 spiro atoms. The summed E-state index contributed by atoms with van der Waals surface area (Å²) in [5.74, 6) is 1.77. The van der Waals surface area contributed by atoms with Gasteiger partial charge in [0.2, 0.25) is 0 Å². The molecule has 0 amide bonds. The fraction of sp³-hybridized carbons (Fsp3) is 0.320. The number of aryl methyl sites for hydroxylation is 1. The minimum absolute atomic E-state index is 0.0608. The predicted molar refractivity (Wildman–Crippen MR) is 115 cm³/mol. The van der Waals surface area contributed by atoms with Gasteiger partial charge in [-0.3, -0.25) is 0 Å². The van der Waals surface area contributed by atoms with Crippen LogP contribution in [0.5, 0.6) is 0 Å². The highest BCUT2D eigenvalue weighted by atomic mass is 16.3. The highest BCUT2D eigenvalue weighted by Crippen LogP contribution is 2.36. The van der Waals surface area contributed by atoms with Crippen molar-refractivity contribution in [1.29, 1.82) is 0 Å². The van der Waals surface area contributed by atoms with E-state index in [1.165, 1.54) is 36.0 Å². The van der Waals surface area contributed by atoms with Crippen LogP contribution in [0, 0.1) is 0 Å². The summed E-state index contributed by atoms with van der Waals surface area (Å²) >= 11 is 0. The molecule has 144 valence electrons. The Hall–Kier alpha value is -2.65. The van der Waals surface area contributed by atoms with Gasteiger partial charge in [-0.05, 0) is 41.0 Å². The van der Waals surface area contributed by atoms with E-state index in [1.54, 1.807) is 6.20 Å². The van der Waals surface area contributed by atoms with Gasteiger partial charge >= 0.3 is 0 Å². The van der Waals surface area contributed by atoms with Crippen molar-refractivity contribution in [3.05, 3.63) is 84.0 Å². The quantitative estimate of drug-likeness (QED) is 0.584. The summed E-state index contributed by atoms with van der Waals surface area (Å²) in [6, 6.07) is 17.6. The summed E-state index contributed by atoms with van der Waals surface area (Å²) in [7, 11) is 0. The average molecular weight is 373 g/mol. The highest BCUT2D eigenvalue weighted by Gasteiger charge is 2.18. The summed E-state index contributed by atoms with van der Waals surface area (Å²) in [6.45, 7) is 2.14. The van der Waals surface area contributed by atoms with Gasteiger partial charge in [-0.15, -0.1) is 0 Å². The number of rotatable bonds is 7. The van der Waals surface area contributed by atoms with Crippen molar-refractivity contribution in [1.82, 2.24) is 9.55 Å². The van der Waals surface area contributed by atoms with Crippen LogP contribution < -0.4 is 0 Å². The molecule has 0 bridgehead atoms. The summed E-state index contributed by atoms with van der Waals surface area (Å²) < 4.78 is 2.04. The van der Waals surface area contributed by atoms with Gasteiger partial charge in [-0.2, -0.15) is 0 Å². The molecule has 1 aliphatic carbocycles. The minimum Gasteiger partial charge on any atom is -0.394 e. The first-order valence-corrected chi connectivity index (χ1v) is 10.3. The number of benzene rings is 2. The van der Waals surface area contributed by atoms with Crippen LogP contribution in [-0.4, -0.2) is 21.3 Å². The number of imidazole rings is 1. The Bertz CT molecular complexity index is 918. The summed E-state index contributed by atoms with van der Waals surface area (Å²) in [5, 5.41) is 9.77. The fourth-order valence-corrected chi connectivity index (χ4v) is 3.86. The van der Waals surface area contributed by atoms with Crippen molar-refractivity contribution in [3.63, 3.8) is 0 Å². The van der Waals surface area contributed by atoms with Gasteiger partial charge in [-0.1, -0.05) is 74.0 Å². The van der Waals surface area contributed by atoms with E-state index in [2.05, 4.69) is 66.5 Å². The predicted octanol–water partition coefficient (Wildman–Crippen LogP) is 5.63. The number of hydrogen-bond acceptors (Lipinski definition) is 2. The number of aliphatic hydroxyl groups excluding tert-OH is 1. The zero-order valence-electron chi connectivity index (χ0n) is 16.5. The number of hydrogen-bond donors (Lipinski definition) is 1. The minimum atomic E-state index is -0.0869. The average Bonchev–Trinajstić information content (AvgIpc) is 3.17. The van der Waals surface area contributed by atoms with Crippen LogP contribution in [0.25, 0.3) is 17.2 Å². The van der Waals surface area contributed by atoms with E-state index in [1.807, 2.05) is 16.8 Å². The third-order valence-corrected chi connectivity index (χ3v) is 5.85. The molecule has 1 heterocycles. The van der Waals surface area contributed by atoms with Gasteiger partial charge in [-0.25, -0.2) is 4.98 Å². The molecule has 1 atom stereocenters. The first-order chi connectivity index (χ1) is 13.8. The molecule has 0 radical (unpaired) electrons. The molecule has 2 aromatic carbocycles. The second kappa shape index (κ2) is 8.57. The van der Waals surface area contributed by atoms with Crippen LogP contribution in [-0.2, 0) is 6.42 Å². The molecule has 1 N–H and O–H groups in total. The van der Waals surface area contributed by atoms with Crippen LogP contribution in [0.15, 0.2) is 67.0 Å². The number of aliphatic hydroxyl groups is 1. The van der Waals surface area contributed by atoms with Gasteiger partial charge in [0.1, 0.15) is 5.82 Å². The lowest BCUT2D eigenvalue weighted by Crippen LogP contribution is -2.12. The smallest absolute Gasteiger partial charge is 0.108 e. The Kier molecular flexibility index (Phi) is 5.73. The fourth-order valence-electron chi connectivity index (χ4n) is 3.86. The lowest BCUT2D eigenvalue weighted by molar-refractivity contribution is 0.251. The molecule has 0 aliphatic heterocycles. The normalized spacial score (nSPS) is 15.6. The van der Waals surface area contributed by atoms with E-state index in [9.17, 15) is 5.11 Å². The van der Waals surface area contributed by atoms with Crippen molar-refractivity contribution in [2.24, 2.45) is 0 Å². The first kappa shape index (κ1) is 18.7. The van der Waals surface area contributed by atoms with Gasteiger partial charge < -0.3 is 9.67 Å². The van der Waals surface area contributed by atoms with E-state index in [0.717, 1.165) is 23.7 Å². The lowest BCUT2D eigenvalue weighted by atomic mass is 9.80. The Morgan fingerprint density at radius 1 is 1.07 bits per heavy atom. The first-order valence-electron chi connectivity index (χ1n) is 10.3. The van der Waals surface area contributed by atoms with Crippen molar-refractivity contribution >= 4 is 6.08 Å². The Balaban J connectivity index is 1.46. The lowest BCUT2D eigenvalue weighted by Gasteiger charge is -2.25. The molecular formula is C25H28N2O. The second-order valence-electron chi connectivity index (χ2n) is 7.59. The molecule has 3 aromatic rings. The van der Waals surface area contributed by atoms with Crippen LogP contribution >= 0.6 is 0 Å². The number of nitrogens with zero attached hydrogens (tertiary/aromatic N) is 2. The van der Waals surface area contributed by atoms with E-state index in [0.29, 0.717) is 0 Å². The zero-order valence-corrected chi connectivity index (χ0v) is 16.5. The van der Waals surface area contributed by atoms with Crippen molar-refractivity contribution in [2.75, 3.05) is 6.61 Å². The molecule has 28 heavy (non-hydrogen) atoms. The van der Waals surface area contributed by atoms with E-state index in [-0.39, 0.29) is 12.6 Å². The van der Waals surface area contributed by atoms with Gasteiger partial charge in [0.05, 0.1) is 12.6 Å². The summed E-state index contributed by atoms with van der Waals surface area (Å²) in [4.78, 5) is 4.35. The summed E-state index contributed by atoms with van der Waals surface area (Å²) in [5.41, 5.74) is 5.11. The van der Waals surface area contributed by atoms with E-state index < -0.39 is 0 Å². The third-order valence-electron chi connectivity index (χ3n) is 5.85. The van der Waals surface area contributed by atoms with Crippen molar-refractivity contribution in [2.45, 2.75) is 44.6 Å². The molecule has 4 rings (SSSR count). The molecule has 3 heteroatoms. The van der Waals surface area contributed by atoms with Crippen LogP contribution in [0.3, 0.4) is 0 Å². The second-order valence-corrected chi connectivity index (χ2v) is 7.59. The highest BCUT2D eigenvalue weighted by molar-refractivity contribution is 5.66. The molecule has 1 aliphatic rings. The summed E-state index contributed by atoms with van der Waals surface area (Å²) in [6.07, 6.45) is 12.8. The molecule has 0 saturated heterocycles. The van der Waals surface area contributed by atoms with Crippen LogP contribution in [0.1, 0.15) is 55.1 Å².